The molecule has 0 aromatic heterocycles. The molecular formula is C14H18ClFOS2. The van der Waals surface area contributed by atoms with E-state index in [1.807, 2.05) is 23.5 Å². The van der Waals surface area contributed by atoms with E-state index in [0.717, 1.165) is 17.9 Å². The predicted molar refractivity (Wildman–Crippen MR) is 83.9 cm³/mol. The number of rotatable bonds is 4. The third-order valence-corrected chi connectivity index (χ3v) is 6.94. The van der Waals surface area contributed by atoms with Crippen molar-refractivity contribution in [1.29, 1.82) is 0 Å². The van der Waals surface area contributed by atoms with Crippen LogP contribution >= 0.6 is 35.1 Å². The molecule has 1 nitrogen and oxygen atoms in total. The highest BCUT2D eigenvalue weighted by Crippen LogP contribution is 2.36. The maximum absolute atomic E-state index is 13.7. The topological polar surface area (TPSA) is 20.2 Å². The lowest BCUT2D eigenvalue weighted by Gasteiger charge is -2.33. The number of aliphatic hydroxyl groups excluding tert-OH is 1. The Morgan fingerprint density at radius 1 is 1.42 bits per heavy atom. The van der Waals surface area contributed by atoms with E-state index >= 15 is 0 Å². The molecule has 106 valence electrons. The van der Waals surface area contributed by atoms with Crippen LogP contribution in [0.4, 0.5) is 4.39 Å². The Balaban J connectivity index is 2.06. The predicted octanol–water partition coefficient (Wildman–Crippen LogP) is 4.01. The first kappa shape index (κ1) is 15.5. The minimum Gasteiger partial charge on any atom is -0.392 e. The second kappa shape index (κ2) is 7.21. The number of hydrogen-bond acceptors (Lipinski definition) is 3. The zero-order chi connectivity index (χ0) is 13.8. The lowest BCUT2D eigenvalue weighted by molar-refractivity contribution is 0.168. The normalized spacial score (nSPS) is 25.3. The van der Waals surface area contributed by atoms with E-state index in [4.69, 9.17) is 11.6 Å². The van der Waals surface area contributed by atoms with E-state index in [-0.39, 0.29) is 11.1 Å². The van der Waals surface area contributed by atoms with Gasteiger partial charge in [0.05, 0.1) is 6.10 Å². The van der Waals surface area contributed by atoms with Crippen molar-refractivity contribution in [1.82, 2.24) is 0 Å². The van der Waals surface area contributed by atoms with Crippen LogP contribution in [0, 0.1) is 5.82 Å². The Morgan fingerprint density at radius 3 is 2.89 bits per heavy atom. The van der Waals surface area contributed by atoms with Gasteiger partial charge in [-0.05, 0) is 30.2 Å². The largest absolute Gasteiger partial charge is 0.392 e. The molecule has 0 bridgehead atoms. The molecule has 1 aromatic rings. The molecule has 3 atom stereocenters. The van der Waals surface area contributed by atoms with Gasteiger partial charge < -0.3 is 5.11 Å². The summed E-state index contributed by atoms with van der Waals surface area (Å²) in [6, 6.07) is 4.51. The molecule has 0 aliphatic carbocycles. The molecule has 0 spiro atoms. The maximum atomic E-state index is 13.7. The summed E-state index contributed by atoms with van der Waals surface area (Å²) in [7, 11) is 0. The van der Waals surface area contributed by atoms with Gasteiger partial charge in [0, 0.05) is 33.4 Å². The second-order valence-electron chi connectivity index (χ2n) is 4.66. The summed E-state index contributed by atoms with van der Waals surface area (Å²) >= 11 is 9.61. The van der Waals surface area contributed by atoms with Gasteiger partial charge in [-0.15, -0.1) is 0 Å². The van der Waals surface area contributed by atoms with Crippen LogP contribution in [0.25, 0.3) is 0 Å². The quantitative estimate of drug-likeness (QED) is 0.905. The number of aliphatic hydroxyl groups is 1. The van der Waals surface area contributed by atoms with Crippen molar-refractivity contribution in [3.8, 4) is 0 Å². The average Bonchev–Trinajstić information content (AvgIpc) is 2.42. The van der Waals surface area contributed by atoms with Crippen LogP contribution in [0.5, 0.6) is 0 Å². The van der Waals surface area contributed by atoms with Gasteiger partial charge in [0.1, 0.15) is 5.82 Å². The molecule has 1 heterocycles. The molecule has 1 fully saturated rings. The first-order chi connectivity index (χ1) is 9.11. The SMILES string of the molecule is CCC1SCCSC1C(O)Cc1cc(Cl)ccc1F. The molecule has 0 saturated carbocycles. The Morgan fingerprint density at radius 2 is 2.16 bits per heavy atom. The summed E-state index contributed by atoms with van der Waals surface area (Å²) in [6.45, 7) is 2.14. The molecule has 1 aromatic carbocycles. The fourth-order valence-electron chi connectivity index (χ4n) is 2.34. The first-order valence-electron chi connectivity index (χ1n) is 6.47. The van der Waals surface area contributed by atoms with Gasteiger partial charge in [0.25, 0.3) is 0 Å². The summed E-state index contributed by atoms with van der Waals surface area (Å²) in [5, 5.41) is 11.6. The molecule has 5 heteroatoms. The van der Waals surface area contributed by atoms with Gasteiger partial charge in [-0.3, -0.25) is 0 Å². The van der Waals surface area contributed by atoms with Crippen LogP contribution in [-0.4, -0.2) is 33.2 Å². The van der Waals surface area contributed by atoms with E-state index < -0.39 is 6.10 Å². The number of hydrogen-bond donors (Lipinski definition) is 1. The molecule has 1 aliphatic rings. The van der Waals surface area contributed by atoms with Crippen molar-refractivity contribution in [2.24, 2.45) is 0 Å². The molecule has 3 unspecified atom stereocenters. The molecule has 19 heavy (non-hydrogen) atoms. The zero-order valence-corrected chi connectivity index (χ0v) is 13.2. The van der Waals surface area contributed by atoms with Crippen LogP contribution in [0.15, 0.2) is 18.2 Å². The van der Waals surface area contributed by atoms with E-state index in [1.54, 1.807) is 6.07 Å². The standard InChI is InChI=1S/C14H18ClFOS2/c1-2-13-14(19-6-5-18-13)12(17)8-9-7-10(15)3-4-11(9)16/h3-4,7,12-14,17H,2,5-6,8H2,1H3. The molecule has 1 aliphatic heterocycles. The van der Waals surface area contributed by atoms with Crippen molar-refractivity contribution in [2.75, 3.05) is 11.5 Å². The average molecular weight is 321 g/mol. The van der Waals surface area contributed by atoms with E-state index in [1.165, 1.54) is 12.1 Å². The molecule has 0 radical (unpaired) electrons. The number of halogens is 2. The lowest BCUT2D eigenvalue weighted by atomic mass is 10.0. The summed E-state index contributed by atoms with van der Waals surface area (Å²) in [5.74, 6) is 1.91. The van der Waals surface area contributed by atoms with Crippen LogP contribution < -0.4 is 0 Å². The molecule has 2 rings (SSSR count). The highest BCUT2D eigenvalue weighted by atomic mass is 35.5. The van der Waals surface area contributed by atoms with Gasteiger partial charge in [-0.1, -0.05) is 18.5 Å². The summed E-state index contributed by atoms with van der Waals surface area (Å²) < 4.78 is 13.7. The summed E-state index contributed by atoms with van der Waals surface area (Å²) in [5.41, 5.74) is 0.506. The summed E-state index contributed by atoms with van der Waals surface area (Å²) in [6.07, 6.45) is 0.856. The third-order valence-electron chi connectivity index (χ3n) is 3.31. The van der Waals surface area contributed by atoms with Crippen LogP contribution in [0.2, 0.25) is 5.02 Å². The van der Waals surface area contributed by atoms with Crippen LogP contribution in [0.3, 0.4) is 0 Å². The van der Waals surface area contributed by atoms with Gasteiger partial charge in [0.15, 0.2) is 0 Å². The minimum absolute atomic E-state index is 0.183. The highest BCUT2D eigenvalue weighted by Gasteiger charge is 2.31. The van der Waals surface area contributed by atoms with Gasteiger partial charge in [-0.25, -0.2) is 4.39 Å². The number of thioether (sulfide) groups is 2. The van der Waals surface area contributed by atoms with Crippen molar-refractivity contribution in [3.05, 3.63) is 34.6 Å². The molecule has 1 N–H and O–H groups in total. The zero-order valence-electron chi connectivity index (χ0n) is 10.8. The molecule has 1 saturated heterocycles. The Kier molecular flexibility index (Phi) is 5.87. The Hall–Kier alpha value is 0.1000. The van der Waals surface area contributed by atoms with Gasteiger partial charge in [-0.2, -0.15) is 23.5 Å². The van der Waals surface area contributed by atoms with E-state index in [9.17, 15) is 9.50 Å². The van der Waals surface area contributed by atoms with E-state index in [2.05, 4.69) is 6.92 Å². The monoisotopic (exact) mass is 320 g/mol. The smallest absolute Gasteiger partial charge is 0.126 e. The third kappa shape index (κ3) is 4.03. The van der Waals surface area contributed by atoms with Crippen molar-refractivity contribution >= 4 is 35.1 Å². The van der Waals surface area contributed by atoms with Crippen molar-refractivity contribution < 1.29 is 9.50 Å². The lowest BCUT2D eigenvalue weighted by Crippen LogP contribution is -2.37. The van der Waals surface area contributed by atoms with Crippen molar-refractivity contribution in [3.63, 3.8) is 0 Å². The van der Waals surface area contributed by atoms with E-state index in [0.29, 0.717) is 22.3 Å². The molecule has 0 amide bonds. The minimum atomic E-state index is -0.518. The van der Waals surface area contributed by atoms with Gasteiger partial charge in [0.2, 0.25) is 0 Å². The fourth-order valence-corrected chi connectivity index (χ4v) is 5.68. The Bertz CT molecular complexity index is 430. The van der Waals surface area contributed by atoms with Crippen LogP contribution in [0.1, 0.15) is 18.9 Å². The fraction of sp³-hybridized carbons (Fsp3) is 0.571. The Labute approximate surface area is 127 Å². The van der Waals surface area contributed by atoms with Crippen molar-refractivity contribution in [2.45, 2.75) is 36.4 Å². The second-order valence-corrected chi connectivity index (χ2v) is 7.73. The maximum Gasteiger partial charge on any atom is 0.126 e. The van der Waals surface area contributed by atoms with Crippen LogP contribution in [-0.2, 0) is 6.42 Å². The summed E-state index contributed by atoms with van der Waals surface area (Å²) in [4.78, 5) is 0. The highest BCUT2D eigenvalue weighted by molar-refractivity contribution is 8.07. The number of benzene rings is 1. The first-order valence-corrected chi connectivity index (χ1v) is 8.94. The molecular weight excluding hydrogens is 303 g/mol. The van der Waals surface area contributed by atoms with Gasteiger partial charge >= 0.3 is 0 Å².